The Balaban J connectivity index is 0.000000213. The van der Waals surface area contributed by atoms with E-state index in [2.05, 4.69) is 5.32 Å². The molecule has 2 aliphatic heterocycles. The Morgan fingerprint density at radius 1 is 1.36 bits per heavy atom. The summed E-state index contributed by atoms with van der Waals surface area (Å²) < 4.78 is 5.60. The van der Waals surface area contributed by atoms with Gasteiger partial charge >= 0.3 is 0 Å². The van der Waals surface area contributed by atoms with Crippen molar-refractivity contribution in [3.8, 4) is 0 Å². The first kappa shape index (κ1) is 11.5. The second-order valence-electron chi connectivity index (χ2n) is 3.90. The van der Waals surface area contributed by atoms with Gasteiger partial charge in [0.2, 0.25) is 0 Å². The summed E-state index contributed by atoms with van der Waals surface area (Å²) in [7, 11) is 0. The maximum atomic E-state index is 9.00. The number of carboxylic acid groups (broad SMARTS) is 1. The minimum Gasteiger partial charge on any atom is -0.481 e. The van der Waals surface area contributed by atoms with E-state index in [0.717, 1.165) is 20.1 Å². The maximum Gasteiger partial charge on any atom is 0.300 e. The standard InChI is InChI=1S/C8H15NO.C2H4O2/c1-2-8(4-7-10-8)3-6-9-5-1;1-2(3)4/h9H,1-7H2;1H3,(H,3,4). The van der Waals surface area contributed by atoms with E-state index < -0.39 is 5.97 Å². The molecule has 2 fully saturated rings. The lowest BCUT2D eigenvalue weighted by Gasteiger charge is -2.41. The predicted octanol–water partition coefficient (Wildman–Crippen LogP) is 1.01. The number of nitrogens with one attached hydrogen (secondary N) is 1. The van der Waals surface area contributed by atoms with Crippen LogP contribution in [0.15, 0.2) is 0 Å². The molecule has 0 aromatic rings. The summed E-state index contributed by atoms with van der Waals surface area (Å²) in [5.74, 6) is -0.833. The Kier molecular flexibility index (Phi) is 4.35. The molecular weight excluding hydrogens is 182 g/mol. The zero-order chi connectivity index (χ0) is 10.4. The van der Waals surface area contributed by atoms with Gasteiger partial charge in [0.1, 0.15) is 0 Å². The van der Waals surface area contributed by atoms with Gasteiger partial charge in [-0.25, -0.2) is 0 Å². The number of aliphatic carboxylic acids is 1. The third-order valence-corrected chi connectivity index (χ3v) is 2.71. The molecule has 1 spiro atoms. The smallest absolute Gasteiger partial charge is 0.300 e. The van der Waals surface area contributed by atoms with Crippen molar-refractivity contribution < 1.29 is 14.6 Å². The van der Waals surface area contributed by atoms with Crippen molar-refractivity contribution >= 4 is 5.97 Å². The highest BCUT2D eigenvalue weighted by molar-refractivity contribution is 5.62. The SMILES string of the molecule is C1CNCCC2(C1)CCO2.CC(=O)O. The Hall–Kier alpha value is -0.610. The van der Waals surface area contributed by atoms with Crippen LogP contribution in [0.4, 0.5) is 0 Å². The van der Waals surface area contributed by atoms with Gasteiger partial charge in [-0.1, -0.05) is 0 Å². The van der Waals surface area contributed by atoms with Gasteiger partial charge in [-0.3, -0.25) is 4.79 Å². The van der Waals surface area contributed by atoms with Crippen LogP contribution < -0.4 is 5.32 Å². The number of ether oxygens (including phenoxy) is 1. The van der Waals surface area contributed by atoms with Gasteiger partial charge in [-0.05, 0) is 38.8 Å². The molecule has 0 aromatic carbocycles. The van der Waals surface area contributed by atoms with Gasteiger partial charge in [0.25, 0.3) is 5.97 Å². The number of hydrogen-bond donors (Lipinski definition) is 2. The van der Waals surface area contributed by atoms with Crippen molar-refractivity contribution in [3.05, 3.63) is 0 Å². The van der Waals surface area contributed by atoms with E-state index in [1.165, 1.54) is 32.2 Å². The van der Waals surface area contributed by atoms with Crippen molar-refractivity contribution in [2.75, 3.05) is 19.7 Å². The van der Waals surface area contributed by atoms with Gasteiger partial charge in [0, 0.05) is 6.92 Å². The summed E-state index contributed by atoms with van der Waals surface area (Å²) in [5.41, 5.74) is 0.323. The van der Waals surface area contributed by atoms with Crippen LogP contribution in [0.2, 0.25) is 0 Å². The third-order valence-electron chi connectivity index (χ3n) is 2.71. The van der Waals surface area contributed by atoms with Crippen molar-refractivity contribution in [1.82, 2.24) is 5.32 Å². The van der Waals surface area contributed by atoms with Crippen LogP contribution in [0.5, 0.6) is 0 Å². The van der Waals surface area contributed by atoms with E-state index in [1.807, 2.05) is 0 Å². The highest BCUT2D eigenvalue weighted by Crippen LogP contribution is 2.35. The first-order valence-electron chi connectivity index (χ1n) is 5.19. The van der Waals surface area contributed by atoms with Crippen molar-refractivity contribution in [2.45, 2.75) is 38.2 Å². The molecule has 2 N–H and O–H groups in total. The zero-order valence-electron chi connectivity index (χ0n) is 8.71. The first-order valence-corrected chi connectivity index (χ1v) is 5.19. The largest absolute Gasteiger partial charge is 0.481 e. The zero-order valence-corrected chi connectivity index (χ0v) is 8.71. The molecule has 0 amide bonds. The molecular formula is C10H19NO3. The molecule has 0 radical (unpaired) electrons. The minimum atomic E-state index is -0.833. The van der Waals surface area contributed by atoms with Gasteiger partial charge in [0.05, 0.1) is 12.2 Å². The minimum absolute atomic E-state index is 0.323. The lowest BCUT2D eigenvalue weighted by Crippen LogP contribution is -2.44. The average molecular weight is 201 g/mol. The van der Waals surface area contributed by atoms with E-state index in [-0.39, 0.29) is 0 Å². The Bertz CT molecular complexity index is 176. The molecule has 2 saturated heterocycles. The van der Waals surface area contributed by atoms with E-state index in [0.29, 0.717) is 5.60 Å². The van der Waals surface area contributed by atoms with Crippen LogP contribution in [-0.2, 0) is 9.53 Å². The normalized spacial score (nSPS) is 30.9. The molecule has 1 atom stereocenters. The number of hydrogen-bond acceptors (Lipinski definition) is 3. The second kappa shape index (κ2) is 5.32. The van der Waals surface area contributed by atoms with E-state index in [9.17, 15) is 0 Å². The van der Waals surface area contributed by atoms with E-state index in [4.69, 9.17) is 14.6 Å². The van der Waals surface area contributed by atoms with Gasteiger partial charge in [0.15, 0.2) is 0 Å². The van der Waals surface area contributed by atoms with Gasteiger partial charge in [-0.2, -0.15) is 0 Å². The summed E-state index contributed by atoms with van der Waals surface area (Å²) in [5, 5.41) is 10.8. The summed E-state index contributed by atoms with van der Waals surface area (Å²) in [4.78, 5) is 9.00. The molecule has 4 heteroatoms. The molecule has 0 bridgehead atoms. The summed E-state index contributed by atoms with van der Waals surface area (Å²) in [6, 6.07) is 0. The molecule has 4 nitrogen and oxygen atoms in total. The quantitative estimate of drug-likeness (QED) is 0.614. The van der Waals surface area contributed by atoms with Gasteiger partial charge in [-0.15, -0.1) is 0 Å². The average Bonchev–Trinajstić information content (AvgIpc) is 2.25. The Morgan fingerprint density at radius 3 is 2.50 bits per heavy atom. The van der Waals surface area contributed by atoms with Crippen molar-refractivity contribution in [1.29, 1.82) is 0 Å². The third kappa shape index (κ3) is 3.64. The lowest BCUT2D eigenvalue weighted by atomic mass is 9.87. The number of carboxylic acids is 1. The highest BCUT2D eigenvalue weighted by Gasteiger charge is 2.37. The van der Waals surface area contributed by atoms with Crippen LogP contribution >= 0.6 is 0 Å². The Morgan fingerprint density at radius 2 is 2.00 bits per heavy atom. The molecule has 1 unspecified atom stereocenters. The van der Waals surface area contributed by atoms with Crippen LogP contribution in [0, 0.1) is 0 Å². The van der Waals surface area contributed by atoms with Crippen LogP contribution in [-0.4, -0.2) is 36.4 Å². The fraction of sp³-hybridized carbons (Fsp3) is 0.900. The fourth-order valence-corrected chi connectivity index (χ4v) is 1.89. The summed E-state index contributed by atoms with van der Waals surface area (Å²) in [6.07, 6.45) is 5.10. The Labute approximate surface area is 84.6 Å². The number of carbonyl (C=O) groups is 1. The molecule has 2 aliphatic rings. The van der Waals surface area contributed by atoms with Crippen molar-refractivity contribution in [3.63, 3.8) is 0 Å². The highest BCUT2D eigenvalue weighted by atomic mass is 16.5. The molecule has 0 aliphatic carbocycles. The lowest BCUT2D eigenvalue weighted by molar-refractivity contribution is -0.152. The molecule has 2 rings (SSSR count). The van der Waals surface area contributed by atoms with Crippen LogP contribution in [0.25, 0.3) is 0 Å². The van der Waals surface area contributed by atoms with Crippen LogP contribution in [0.1, 0.15) is 32.6 Å². The first-order chi connectivity index (χ1) is 6.65. The van der Waals surface area contributed by atoms with E-state index in [1.54, 1.807) is 0 Å². The molecule has 14 heavy (non-hydrogen) atoms. The molecule has 82 valence electrons. The van der Waals surface area contributed by atoms with Gasteiger partial charge < -0.3 is 15.2 Å². The second-order valence-corrected chi connectivity index (χ2v) is 3.90. The molecule has 2 heterocycles. The summed E-state index contributed by atoms with van der Waals surface area (Å²) >= 11 is 0. The van der Waals surface area contributed by atoms with Crippen LogP contribution in [0.3, 0.4) is 0 Å². The van der Waals surface area contributed by atoms with Crippen molar-refractivity contribution in [2.24, 2.45) is 0 Å². The monoisotopic (exact) mass is 201 g/mol. The number of rotatable bonds is 0. The summed E-state index contributed by atoms with van der Waals surface area (Å²) in [6.45, 7) is 4.42. The fourth-order valence-electron chi connectivity index (χ4n) is 1.89. The molecule has 0 saturated carbocycles. The topological polar surface area (TPSA) is 58.6 Å². The molecule has 0 aromatic heterocycles. The maximum absolute atomic E-state index is 9.00. The predicted molar refractivity (Wildman–Crippen MR) is 53.3 cm³/mol. The van der Waals surface area contributed by atoms with E-state index >= 15 is 0 Å².